The number of carboxylic acid groups (broad SMARTS) is 1. The summed E-state index contributed by atoms with van der Waals surface area (Å²) in [7, 11) is -3.79. The number of benzene rings is 1. The second-order valence-corrected chi connectivity index (χ2v) is 6.03. The van der Waals surface area contributed by atoms with Gasteiger partial charge in [-0.2, -0.15) is 4.72 Å². The van der Waals surface area contributed by atoms with Gasteiger partial charge in [0.15, 0.2) is 0 Å². The highest BCUT2D eigenvalue weighted by Crippen LogP contribution is 2.17. The molecule has 0 aliphatic heterocycles. The Labute approximate surface area is 113 Å². The zero-order valence-electron chi connectivity index (χ0n) is 11.3. The molecule has 0 radical (unpaired) electrons. The number of aryl methyl sites for hydroxylation is 2. The first-order valence-electron chi connectivity index (χ1n) is 6.18. The van der Waals surface area contributed by atoms with Crippen molar-refractivity contribution in [2.24, 2.45) is 0 Å². The first-order chi connectivity index (χ1) is 8.81. The Bertz CT molecular complexity index is 566. The highest BCUT2D eigenvalue weighted by molar-refractivity contribution is 7.89. The monoisotopic (exact) mass is 285 g/mol. The van der Waals surface area contributed by atoms with Crippen LogP contribution in [0, 0.1) is 0 Å². The molecular weight excluding hydrogens is 266 g/mol. The molecule has 1 atom stereocenters. The van der Waals surface area contributed by atoms with Crippen molar-refractivity contribution in [1.82, 2.24) is 4.72 Å². The van der Waals surface area contributed by atoms with Crippen LogP contribution in [-0.2, 0) is 27.7 Å². The van der Waals surface area contributed by atoms with E-state index in [1.807, 2.05) is 13.8 Å². The summed E-state index contributed by atoms with van der Waals surface area (Å²) in [5.74, 6) is -1.20. The van der Waals surface area contributed by atoms with Crippen LogP contribution in [0.5, 0.6) is 0 Å². The number of hydrogen-bond acceptors (Lipinski definition) is 3. The third kappa shape index (κ3) is 3.78. The minimum absolute atomic E-state index is 0.106. The van der Waals surface area contributed by atoms with E-state index in [0.717, 1.165) is 24.0 Å². The standard InChI is InChI=1S/C13H19NO4S/c1-4-10-6-7-12(8-11(10)5-2)19(17,18)14-9(3)13(15)16/h6-9,14H,4-5H2,1-3H3,(H,15,16). The lowest BCUT2D eigenvalue weighted by Crippen LogP contribution is -2.38. The molecule has 0 aliphatic rings. The Kier molecular flexibility index (Phi) is 5.08. The van der Waals surface area contributed by atoms with Gasteiger partial charge in [0, 0.05) is 0 Å². The largest absolute Gasteiger partial charge is 0.480 e. The van der Waals surface area contributed by atoms with Gasteiger partial charge in [0.25, 0.3) is 0 Å². The third-order valence-corrected chi connectivity index (χ3v) is 4.49. The molecular formula is C13H19NO4S. The fourth-order valence-corrected chi connectivity index (χ4v) is 3.04. The number of aliphatic carboxylic acids is 1. The van der Waals surface area contributed by atoms with E-state index in [-0.39, 0.29) is 4.90 Å². The number of carbonyl (C=O) groups is 1. The molecule has 0 saturated heterocycles. The number of hydrogen-bond donors (Lipinski definition) is 2. The van der Waals surface area contributed by atoms with Gasteiger partial charge in [0.05, 0.1) is 4.90 Å². The van der Waals surface area contributed by atoms with E-state index < -0.39 is 22.0 Å². The number of sulfonamides is 1. The van der Waals surface area contributed by atoms with Crippen LogP contribution in [0.1, 0.15) is 31.9 Å². The summed E-state index contributed by atoms with van der Waals surface area (Å²) in [6, 6.07) is 3.74. The first kappa shape index (κ1) is 15.7. The molecule has 0 bridgehead atoms. The van der Waals surface area contributed by atoms with Crippen LogP contribution >= 0.6 is 0 Å². The molecule has 1 aromatic carbocycles. The Morgan fingerprint density at radius 1 is 1.26 bits per heavy atom. The Morgan fingerprint density at radius 3 is 2.32 bits per heavy atom. The van der Waals surface area contributed by atoms with E-state index in [1.165, 1.54) is 13.0 Å². The number of carboxylic acids is 1. The zero-order valence-corrected chi connectivity index (χ0v) is 12.1. The molecule has 0 saturated carbocycles. The van der Waals surface area contributed by atoms with Gasteiger partial charge in [0.2, 0.25) is 10.0 Å². The summed E-state index contributed by atoms with van der Waals surface area (Å²) in [6.45, 7) is 5.26. The predicted molar refractivity (Wildman–Crippen MR) is 72.6 cm³/mol. The summed E-state index contributed by atoms with van der Waals surface area (Å²) in [5, 5.41) is 8.75. The minimum Gasteiger partial charge on any atom is -0.480 e. The maximum atomic E-state index is 12.0. The lowest BCUT2D eigenvalue weighted by atomic mass is 10.0. The molecule has 106 valence electrons. The van der Waals surface area contributed by atoms with Gasteiger partial charge in [-0.25, -0.2) is 8.42 Å². The van der Waals surface area contributed by atoms with Crippen LogP contribution in [0.4, 0.5) is 0 Å². The molecule has 0 aliphatic carbocycles. The molecule has 0 heterocycles. The van der Waals surface area contributed by atoms with Gasteiger partial charge >= 0.3 is 5.97 Å². The molecule has 1 rings (SSSR count). The van der Waals surface area contributed by atoms with E-state index in [4.69, 9.17) is 5.11 Å². The molecule has 1 aromatic rings. The molecule has 19 heavy (non-hydrogen) atoms. The fourth-order valence-electron chi connectivity index (χ4n) is 1.79. The molecule has 5 nitrogen and oxygen atoms in total. The summed E-state index contributed by atoms with van der Waals surface area (Å²) in [6.07, 6.45) is 1.57. The summed E-state index contributed by atoms with van der Waals surface area (Å²) in [4.78, 5) is 10.8. The molecule has 0 amide bonds. The number of rotatable bonds is 6. The molecule has 1 unspecified atom stereocenters. The lowest BCUT2D eigenvalue weighted by Gasteiger charge is -2.12. The van der Waals surface area contributed by atoms with Crippen molar-refractivity contribution in [2.75, 3.05) is 0 Å². The smallest absolute Gasteiger partial charge is 0.321 e. The molecule has 2 N–H and O–H groups in total. The van der Waals surface area contributed by atoms with Crippen LogP contribution < -0.4 is 4.72 Å². The summed E-state index contributed by atoms with van der Waals surface area (Å²) >= 11 is 0. The predicted octanol–water partition coefficient (Wildman–Crippen LogP) is 1.56. The molecule has 0 aromatic heterocycles. The molecule has 6 heteroatoms. The lowest BCUT2D eigenvalue weighted by molar-refractivity contribution is -0.138. The van der Waals surface area contributed by atoms with Crippen molar-refractivity contribution in [3.63, 3.8) is 0 Å². The second-order valence-electron chi connectivity index (χ2n) is 4.32. The maximum absolute atomic E-state index is 12.0. The third-order valence-electron chi connectivity index (χ3n) is 2.95. The Morgan fingerprint density at radius 2 is 1.84 bits per heavy atom. The van der Waals surface area contributed by atoms with Crippen LogP contribution in [0.15, 0.2) is 23.1 Å². The molecule has 0 spiro atoms. The summed E-state index contributed by atoms with van der Waals surface area (Å²) in [5.41, 5.74) is 2.07. The average Bonchev–Trinajstić information content (AvgIpc) is 2.37. The van der Waals surface area contributed by atoms with Gasteiger partial charge in [-0.15, -0.1) is 0 Å². The van der Waals surface area contributed by atoms with E-state index in [9.17, 15) is 13.2 Å². The topological polar surface area (TPSA) is 83.5 Å². The molecule has 0 fully saturated rings. The average molecular weight is 285 g/mol. The van der Waals surface area contributed by atoms with Gasteiger partial charge in [-0.3, -0.25) is 4.79 Å². The highest BCUT2D eigenvalue weighted by Gasteiger charge is 2.21. The fraction of sp³-hybridized carbons (Fsp3) is 0.462. The normalized spacial score (nSPS) is 13.2. The van der Waals surface area contributed by atoms with E-state index >= 15 is 0 Å². The zero-order chi connectivity index (χ0) is 14.6. The van der Waals surface area contributed by atoms with E-state index in [2.05, 4.69) is 4.72 Å². The van der Waals surface area contributed by atoms with E-state index in [1.54, 1.807) is 12.1 Å². The van der Waals surface area contributed by atoms with Gasteiger partial charge in [0.1, 0.15) is 6.04 Å². The first-order valence-corrected chi connectivity index (χ1v) is 7.67. The van der Waals surface area contributed by atoms with Crippen LogP contribution in [0.25, 0.3) is 0 Å². The van der Waals surface area contributed by atoms with Crippen molar-refractivity contribution in [3.05, 3.63) is 29.3 Å². The highest BCUT2D eigenvalue weighted by atomic mass is 32.2. The van der Waals surface area contributed by atoms with Crippen molar-refractivity contribution in [2.45, 2.75) is 44.6 Å². The Hall–Kier alpha value is -1.40. The van der Waals surface area contributed by atoms with Crippen molar-refractivity contribution < 1.29 is 18.3 Å². The van der Waals surface area contributed by atoms with Crippen LogP contribution in [-0.4, -0.2) is 25.5 Å². The maximum Gasteiger partial charge on any atom is 0.321 e. The SMILES string of the molecule is CCc1ccc(S(=O)(=O)NC(C)C(=O)O)cc1CC. The second kappa shape index (κ2) is 6.16. The van der Waals surface area contributed by atoms with Crippen molar-refractivity contribution in [1.29, 1.82) is 0 Å². The van der Waals surface area contributed by atoms with Crippen LogP contribution in [0.2, 0.25) is 0 Å². The quantitative estimate of drug-likeness (QED) is 0.831. The van der Waals surface area contributed by atoms with E-state index in [0.29, 0.717) is 0 Å². The number of nitrogens with one attached hydrogen (secondary N) is 1. The van der Waals surface area contributed by atoms with Gasteiger partial charge in [-0.1, -0.05) is 19.9 Å². The van der Waals surface area contributed by atoms with Crippen molar-refractivity contribution >= 4 is 16.0 Å². The minimum atomic E-state index is -3.79. The summed E-state index contributed by atoms with van der Waals surface area (Å²) < 4.78 is 26.2. The van der Waals surface area contributed by atoms with Crippen molar-refractivity contribution in [3.8, 4) is 0 Å². The van der Waals surface area contributed by atoms with Crippen LogP contribution in [0.3, 0.4) is 0 Å². The Balaban J connectivity index is 3.12. The van der Waals surface area contributed by atoms with Gasteiger partial charge in [-0.05, 0) is 43.0 Å². The van der Waals surface area contributed by atoms with Gasteiger partial charge < -0.3 is 5.11 Å².